The summed E-state index contributed by atoms with van der Waals surface area (Å²) in [6, 6.07) is 1.54. The fourth-order valence-electron chi connectivity index (χ4n) is 1.41. The molecule has 0 aromatic carbocycles. The molecule has 1 heteroatoms. The molecule has 0 saturated heterocycles. The van der Waals surface area contributed by atoms with Gasteiger partial charge in [0, 0.05) is 12.1 Å². The third-order valence-electron chi connectivity index (χ3n) is 3.08. The summed E-state index contributed by atoms with van der Waals surface area (Å²) in [5, 5.41) is 3.65. The van der Waals surface area contributed by atoms with E-state index in [2.05, 4.69) is 33.0 Å². The maximum absolute atomic E-state index is 3.65. The van der Waals surface area contributed by atoms with Crippen molar-refractivity contribution in [1.82, 2.24) is 5.32 Å². The molecule has 1 fully saturated rings. The average Bonchev–Trinajstić information content (AvgIpc) is 2.65. The zero-order chi connectivity index (χ0) is 8.43. The second-order valence-electron chi connectivity index (χ2n) is 4.16. The van der Waals surface area contributed by atoms with Crippen molar-refractivity contribution >= 4 is 0 Å². The normalized spacial score (nSPS) is 34.9. The van der Waals surface area contributed by atoms with Gasteiger partial charge in [-0.15, -0.1) is 0 Å². The molecule has 11 heavy (non-hydrogen) atoms. The summed E-state index contributed by atoms with van der Waals surface area (Å²) < 4.78 is 0. The lowest BCUT2D eigenvalue weighted by molar-refractivity contribution is 0.383. The summed E-state index contributed by atoms with van der Waals surface area (Å²) >= 11 is 0. The molecule has 0 spiro atoms. The van der Waals surface area contributed by atoms with Crippen molar-refractivity contribution in [2.75, 3.05) is 0 Å². The van der Waals surface area contributed by atoms with Gasteiger partial charge in [-0.2, -0.15) is 0 Å². The van der Waals surface area contributed by atoms with Gasteiger partial charge in [-0.25, -0.2) is 0 Å². The molecule has 1 nitrogen and oxygen atoms in total. The molecule has 4 unspecified atom stereocenters. The van der Waals surface area contributed by atoms with Crippen molar-refractivity contribution in [2.45, 2.75) is 52.6 Å². The van der Waals surface area contributed by atoms with Crippen LogP contribution in [0.4, 0.5) is 0 Å². The Hall–Kier alpha value is -0.0400. The van der Waals surface area contributed by atoms with E-state index in [4.69, 9.17) is 0 Å². The predicted octanol–water partition coefficient (Wildman–Crippen LogP) is 2.42. The zero-order valence-corrected chi connectivity index (χ0v) is 8.22. The van der Waals surface area contributed by atoms with Crippen LogP contribution >= 0.6 is 0 Å². The zero-order valence-electron chi connectivity index (χ0n) is 8.22. The van der Waals surface area contributed by atoms with E-state index in [0.29, 0.717) is 6.04 Å². The highest BCUT2D eigenvalue weighted by molar-refractivity contribution is 4.91. The van der Waals surface area contributed by atoms with Crippen molar-refractivity contribution in [1.29, 1.82) is 0 Å². The Morgan fingerprint density at radius 2 is 2.00 bits per heavy atom. The Morgan fingerprint density at radius 1 is 1.45 bits per heavy atom. The standard InChI is InChI=1S/C10H21N/c1-5-7(2)9(4)11-10-6-8(10)3/h7-11H,5-6H2,1-4H3. The molecule has 0 heterocycles. The molecule has 0 bridgehead atoms. The van der Waals surface area contributed by atoms with E-state index in [1.165, 1.54) is 12.8 Å². The third kappa shape index (κ3) is 2.48. The Bertz CT molecular complexity index is 122. The molecule has 1 aliphatic rings. The first-order valence-electron chi connectivity index (χ1n) is 4.91. The van der Waals surface area contributed by atoms with Crippen LogP contribution in [0.5, 0.6) is 0 Å². The van der Waals surface area contributed by atoms with E-state index in [9.17, 15) is 0 Å². The molecule has 1 rings (SSSR count). The van der Waals surface area contributed by atoms with E-state index in [1.54, 1.807) is 0 Å². The Balaban J connectivity index is 2.15. The summed E-state index contributed by atoms with van der Waals surface area (Å²) in [5.41, 5.74) is 0. The lowest BCUT2D eigenvalue weighted by atomic mass is 10.0. The lowest BCUT2D eigenvalue weighted by Crippen LogP contribution is -2.34. The third-order valence-corrected chi connectivity index (χ3v) is 3.08. The smallest absolute Gasteiger partial charge is 0.00989 e. The number of nitrogens with one attached hydrogen (secondary N) is 1. The van der Waals surface area contributed by atoms with Crippen molar-refractivity contribution in [3.63, 3.8) is 0 Å². The monoisotopic (exact) mass is 155 g/mol. The van der Waals surface area contributed by atoms with Crippen molar-refractivity contribution in [3.8, 4) is 0 Å². The van der Waals surface area contributed by atoms with Crippen LogP contribution in [0.15, 0.2) is 0 Å². The second kappa shape index (κ2) is 3.57. The number of rotatable bonds is 4. The highest BCUT2D eigenvalue weighted by Crippen LogP contribution is 2.30. The quantitative estimate of drug-likeness (QED) is 0.657. The summed E-state index contributed by atoms with van der Waals surface area (Å²) in [6.45, 7) is 9.21. The van der Waals surface area contributed by atoms with E-state index in [0.717, 1.165) is 17.9 Å². The Labute approximate surface area is 70.6 Å². The largest absolute Gasteiger partial charge is 0.311 e. The molecule has 1 saturated carbocycles. The van der Waals surface area contributed by atoms with Crippen LogP contribution in [0.3, 0.4) is 0 Å². The van der Waals surface area contributed by atoms with Crippen LogP contribution in [-0.4, -0.2) is 12.1 Å². The van der Waals surface area contributed by atoms with Gasteiger partial charge < -0.3 is 5.32 Å². The Morgan fingerprint density at radius 3 is 2.36 bits per heavy atom. The minimum absolute atomic E-state index is 0.704. The van der Waals surface area contributed by atoms with E-state index in [-0.39, 0.29) is 0 Å². The number of hydrogen-bond acceptors (Lipinski definition) is 1. The van der Waals surface area contributed by atoms with E-state index in [1.807, 2.05) is 0 Å². The van der Waals surface area contributed by atoms with Gasteiger partial charge in [0.1, 0.15) is 0 Å². The molecule has 0 aromatic rings. The van der Waals surface area contributed by atoms with Crippen molar-refractivity contribution < 1.29 is 0 Å². The minimum Gasteiger partial charge on any atom is -0.311 e. The molecule has 0 amide bonds. The SMILES string of the molecule is CCC(C)C(C)NC1CC1C. The van der Waals surface area contributed by atoms with Gasteiger partial charge in [0.25, 0.3) is 0 Å². The molecule has 0 aliphatic heterocycles. The lowest BCUT2D eigenvalue weighted by Gasteiger charge is -2.19. The van der Waals surface area contributed by atoms with Crippen LogP contribution in [0, 0.1) is 11.8 Å². The second-order valence-corrected chi connectivity index (χ2v) is 4.16. The molecule has 0 aromatic heterocycles. The average molecular weight is 155 g/mol. The van der Waals surface area contributed by atoms with Crippen LogP contribution in [-0.2, 0) is 0 Å². The molecule has 66 valence electrons. The van der Waals surface area contributed by atoms with Gasteiger partial charge in [0.15, 0.2) is 0 Å². The summed E-state index contributed by atoms with van der Waals surface area (Å²) in [6.07, 6.45) is 2.68. The molecular weight excluding hydrogens is 134 g/mol. The van der Waals surface area contributed by atoms with E-state index >= 15 is 0 Å². The topological polar surface area (TPSA) is 12.0 Å². The maximum atomic E-state index is 3.65. The van der Waals surface area contributed by atoms with Gasteiger partial charge in [0.2, 0.25) is 0 Å². The molecule has 1 N–H and O–H groups in total. The van der Waals surface area contributed by atoms with Gasteiger partial charge in [-0.3, -0.25) is 0 Å². The first-order valence-corrected chi connectivity index (χ1v) is 4.91. The minimum atomic E-state index is 0.704. The fourth-order valence-corrected chi connectivity index (χ4v) is 1.41. The van der Waals surface area contributed by atoms with Crippen LogP contribution in [0.25, 0.3) is 0 Å². The van der Waals surface area contributed by atoms with Gasteiger partial charge in [-0.1, -0.05) is 27.2 Å². The highest BCUT2D eigenvalue weighted by Gasteiger charge is 2.33. The van der Waals surface area contributed by atoms with Gasteiger partial charge in [0.05, 0.1) is 0 Å². The molecule has 0 radical (unpaired) electrons. The van der Waals surface area contributed by atoms with Crippen molar-refractivity contribution in [2.24, 2.45) is 11.8 Å². The maximum Gasteiger partial charge on any atom is 0.00989 e. The summed E-state index contributed by atoms with van der Waals surface area (Å²) in [7, 11) is 0. The summed E-state index contributed by atoms with van der Waals surface area (Å²) in [5.74, 6) is 1.75. The van der Waals surface area contributed by atoms with Crippen molar-refractivity contribution in [3.05, 3.63) is 0 Å². The van der Waals surface area contributed by atoms with Gasteiger partial charge >= 0.3 is 0 Å². The number of hydrogen-bond donors (Lipinski definition) is 1. The van der Waals surface area contributed by atoms with Crippen LogP contribution in [0.2, 0.25) is 0 Å². The van der Waals surface area contributed by atoms with Gasteiger partial charge in [-0.05, 0) is 25.2 Å². The fraction of sp³-hybridized carbons (Fsp3) is 1.00. The predicted molar refractivity (Wildman–Crippen MR) is 49.6 cm³/mol. The molecule has 4 atom stereocenters. The first kappa shape index (κ1) is 9.05. The highest BCUT2D eigenvalue weighted by atomic mass is 15.0. The first-order chi connectivity index (χ1) is 5.15. The van der Waals surface area contributed by atoms with Crippen LogP contribution < -0.4 is 5.32 Å². The van der Waals surface area contributed by atoms with E-state index < -0.39 is 0 Å². The Kier molecular flexibility index (Phi) is 2.94. The summed E-state index contributed by atoms with van der Waals surface area (Å²) in [4.78, 5) is 0. The molecule has 1 aliphatic carbocycles. The molecular formula is C10H21N. The van der Waals surface area contributed by atoms with Crippen LogP contribution in [0.1, 0.15) is 40.5 Å².